The van der Waals surface area contributed by atoms with Crippen molar-refractivity contribution in [3.63, 3.8) is 0 Å². The fourth-order valence-corrected chi connectivity index (χ4v) is 2.14. The Labute approximate surface area is 93.1 Å². The minimum absolute atomic E-state index is 0.0921. The maximum absolute atomic E-state index is 11.0. The van der Waals surface area contributed by atoms with Gasteiger partial charge >= 0.3 is 16.4 Å². The Morgan fingerprint density at radius 1 is 1.44 bits per heavy atom. The summed E-state index contributed by atoms with van der Waals surface area (Å²) in [5.74, 6) is 0.0921. The predicted molar refractivity (Wildman–Crippen MR) is 53.3 cm³/mol. The summed E-state index contributed by atoms with van der Waals surface area (Å²) in [6.07, 6.45) is 0. The minimum atomic E-state index is -4.10. The van der Waals surface area contributed by atoms with E-state index in [-0.39, 0.29) is 27.8 Å². The maximum Gasteiger partial charge on any atom is 0.523 e. The number of rotatable bonds is 0. The molecular formula is C5H3N5O4S2. The standard InChI is InChI=1S/C5H3N5O4S2/c6-2-1-3(8-4(15)7-2)9-5-10(1)14-16(11,12)13-5/h(H3,6,7,8,15). The molecule has 0 aliphatic carbocycles. The Morgan fingerprint density at radius 3 is 2.94 bits per heavy atom. The molecule has 11 heteroatoms. The van der Waals surface area contributed by atoms with E-state index in [0.717, 1.165) is 4.73 Å². The molecule has 3 N–H and O–H groups in total. The number of hydrogen-bond acceptors (Lipinski definition) is 8. The Morgan fingerprint density at radius 2 is 2.19 bits per heavy atom. The number of nitrogens with one attached hydrogen (secondary N) is 1. The lowest BCUT2D eigenvalue weighted by Crippen LogP contribution is -2.15. The molecule has 1 aliphatic rings. The van der Waals surface area contributed by atoms with Crippen LogP contribution in [0.4, 0.5) is 5.82 Å². The lowest BCUT2D eigenvalue weighted by Gasteiger charge is -1.98. The summed E-state index contributed by atoms with van der Waals surface area (Å²) in [5.41, 5.74) is 5.91. The summed E-state index contributed by atoms with van der Waals surface area (Å²) >= 11 is 4.78. The predicted octanol–water partition coefficient (Wildman–Crippen LogP) is -0.863. The molecule has 84 valence electrons. The van der Waals surface area contributed by atoms with Crippen molar-refractivity contribution in [2.45, 2.75) is 0 Å². The number of nitrogens with zero attached hydrogens (tertiary/aromatic N) is 3. The summed E-state index contributed by atoms with van der Waals surface area (Å²) in [4.78, 5) is 10.2. The summed E-state index contributed by atoms with van der Waals surface area (Å²) < 4.78 is 31.8. The van der Waals surface area contributed by atoms with Crippen molar-refractivity contribution < 1.29 is 16.9 Å². The van der Waals surface area contributed by atoms with E-state index in [4.69, 9.17) is 18.0 Å². The number of imidazole rings is 1. The van der Waals surface area contributed by atoms with E-state index in [0.29, 0.717) is 0 Å². The van der Waals surface area contributed by atoms with Crippen LogP contribution in [0.2, 0.25) is 0 Å². The van der Waals surface area contributed by atoms with Crippen LogP contribution in [-0.4, -0.2) is 28.1 Å². The molecule has 0 saturated heterocycles. The number of aromatic nitrogens is 4. The third-order valence-electron chi connectivity index (χ3n) is 1.84. The van der Waals surface area contributed by atoms with Gasteiger partial charge in [0.05, 0.1) is 0 Å². The summed E-state index contributed by atoms with van der Waals surface area (Å²) in [6, 6.07) is -0.261. The third-order valence-corrected chi connectivity index (χ3v) is 2.71. The number of nitrogen functional groups attached to an aromatic ring is 1. The first-order valence-electron chi connectivity index (χ1n) is 3.89. The van der Waals surface area contributed by atoms with E-state index in [1.165, 1.54) is 0 Å². The van der Waals surface area contributed by atoms with Crippen molar-refractivity contribution in [2.75, 3.05) is 5.73 Å². The fourth-order valence-electron chi connectivity index (χ4n) is 1.30. The van der Waals surface area contributed by atoms with Gasteiger partial charge in [0.15, 0.2) is 11.2 Å². The Balaban J connectivity index is 2.42. The quantitative estimate of drug-likeness (QED) is 0.586. The van der Waals surface area contributed by atoms with Gasteiger partial charge in [-0.05, 0) is 12.2 Å². The van der Waals surface area contributed by atoms with Crippen LogP contribution in [0, 0.1) is 4.77 Å². The normalized spacial score (nSPS) is 16.8. The van der Waals surface area contributed by atoms with E-state index in [2.05, 4.69) is 23.4 Å². The van der Waals surface area contributed by atoms with Gasteiger partial charge in [-0.1, -0.05) is 0 Å². The van der Waals surface area contributed by atoms with Crippen molar-refractivity contribution in [3.05, 3.63) is 4.77 Å². The van der Waals surface area contributed by atoms with Crippen molar-refractivity contribution in [1.82, 2.24) is 19.7 Å². The maximum atomic E-state index is 11.0. The Kier molecular flexibility index (Phi) is 1.53. The van der Waals surface area contributed by atoms with Crippen LogP contribution >= 0.6 is 12.2 Å². The van der Waals surface area contributed by atoms with Crippen LogP contribution in [0.1, 0.15) is 0 Å². The van der Waals surface area contributed by atoms with E-state index in [1.807, 2.05) is 0 Å². The van der Waals surface area contributed by atoms with Crippen LogP contribution in [0.15, 0.2) is 0 Å². The number of nitrogens with two attached hydrogens (primary N) is 1. The van der Waals surface area contributed by atoms with Gasteiger partial charge in [-0.3, -0.25) is 4.28 Å². The smallest absolute Gasteiger partial charge is 0.383 e. The molecular weight excluding hydrogens is 258 g/mol. The Hall–Kier alpha value is -1.88. The molecule has 0 amide bonds. The zero-order valence-corrected chi connectivity index (χ0v) is 9.00. The largest absolute Gasteiger partial charge is 0.523 e. The molecule has 0 fully saturated rings. The monoisotopic (exact) mass is 261 g/mol. The average Bonchev–Trinajstić information content (AvgIpc) is 2.54. The topological polar surface area (TPSA) is 125 Å². The molecule has 0 atom stereocenters. The number of fused-ring (bicyclic) bond motifs is 3. The van der Waals surface area contributed by atoms with Crippen LogP contribution in [0.25, 0.3) is 11.2 Å². The molecule has 0 unspecified atom stereocenters. The average molecular weight is 261 g/mol. The number of anilines is 1. The van der Waals surface area contributed by atoms with Crippen LogP contribution in [0.5, 0.6) is 6.01 Å². The van der Waals surface area contributed by atoms with Crippen molar-refractivity contribution in [1.29, 1.82) is 0 Å². The van der Waals surface area contributed by atoms with Crippen LogP contribution in [-0.2, 0) is 10.4 Å². The first-order valence-corrected chi connectivity index (χ1v) is 5.63. The van der Waals surface area contributed by atoms with E-state index >= 15 is 0 Å². The fraction of sp³-hybridized carbons (Fsp3) is 0. The van der Waals surface area contributed by atoms with Gasteiger partial charge in [-0.2, -0.15) is 9.97 Å². The van der Waals surface area contributed by atoms with Crippen LogP contribution < -0.4 is 14.2 Å². The minimum Gasteiger partial charge on any atom is -0.383 e. The Bertz CT molecular complexity index is 759. The molecule has 0 bridgehead atoms. The SMILES string of the molecule is Nc1[nH]c(=S)nc2nc3n(c12)OS(=O)(=O)O3. The molecule has 0 aromatic carbocycles. The van der Waals surface area contributed by atoms with Gasteiger partial charge in [0.2, 0.25) is 4.77 Å². The summed E-state index contributed by atoms with van der Waals surface area (Å²) in [6.45, 7) is 0. The molecule has 3 rings (SSSR count). The van der Waals surface area contributed by atoms with Crippen LogP contribution in [0.3, 0.4) is 0 Å². The lowest BCUT2D eigenvalue weighted by atomic mass is 10.5. The first-order chi connectivity index (χ1) is 7.46. The second kappa shape index (κ2) is 2.62. The summed E-state index contributed by atoms with van der Waals surface area (Å²) in [7, 11) is -4.10. The van der Waals surface area contributed by atoms with Crippen molar-refractivity contribution >= 4 is 39.6 Å². The number of hydrogen-bond donors (Lipinski definition) is 2. The number of H-pyrrole nitrogens is 1. The highest BCUT2D eigenvalue weighted by atomic mass is 32.3. The second-order valence-corrected chi connectivity index (χ2v) is 4.40. The molecule has 3 heterocycles. The van der Waals surface area contributed by atoms with Gasteiger partial charge in [0.25, 0.3) is 0 Å². The van der Waals surface area contributed by atoms with Gasteiger partial charge in [-0.15, -0.1) is 13.1 Å². The molecule has 9 nitrogen and oxygen atoms in total. The highest BCUT2D eigenvalue weighted by molar-refractivity contribution is 7.82. The zero-order valence-electron chi connectivity index (χ0n) is 7.37. The summed E-state index contributed by atoms with van der Waals surface area (Å²) in [5, 5.41) is 0. The van der Waals surface area contributed by atoms with Gasteiger partial charge in [-0.25, -0.2) is 0 Å². The highest BCUT2D eigenvalue weighted by Crippen LogP contribution is 2.27. The lowest BCUT2D eigenvalue weighted by molar-refractivity contribution is 0.311. The van der Waals surface area contributed by atoms with Gasteiger partial charge < -0.3 is 14.9 Å². The zero-order chi connectivity index (χ0) is 11.5. The molecule has 0 spiro atoms. The molecule has 0 saturated carbocycles. The highest BCUT2D eigenvalue weighted by Gasteiger charge is 2.33. The third kappa shape index (κ3) is 1.15. The van der Waals surface area contributed by atoms with Crippen molar-refractivity contribution in [3.8, 4) is 6.01 Å². The molecule has 1 aliphatic heterocycles. The van der Waals surface area contributed by atoms with Crippen molar-refractivity contribution in [2.24, 2.45) is 0 Å². The van der Waals surface area contributed by atoms with E-state index < -0.39 is 10.4 Å². The second-order valence-electron chi connectivity index (χ2n) is 2.88. The molecule has 2 aromatic heterocycles. The molecule has 2 aromatic rings. The van der Waals surface area contributed by atoms with E-state index in [1.54, 1.807) is 0 Å². The van der Waals surface area contributed by atoms with Gasteiger partial charge in [0.1, 0.15) is 5.82 Å². The van der Waals surface area contributed by atoms with Gasteiger partial charge in [0, 0.05) is 0 Å². The van der Waals surface area contributed by atoms with E-state index in [9.17, 15) is 8.42 Å². The molecule has 16 heavy (non-hydrogen) atoms. The first kappa shape index (κ1) is 9.35. The molecule has 0 radical (unpaired) electrons. The number of aromatic amines is 1.